The van der Waals surface area contributed by atoms with Crippen LogP contribution in [0.5, 0.6) is 5.75 Å². The molecule has 2 aliphatic heterocycles. The Bertz CT molecular complexity index is 567. The Morgan fingerprint density at radius 1 is 1.65 bits per heavy atom. The molecule has 8 nitrogen and oxygen atoms in total. The zero-order chi connectivity index (χ0) is 16.9. The van der Waals surface area contributed by atoms with Crippen LogP contribution in [0, 0.1) is 11.3 Å². The first-order chi connectivity index (χ1) is 11.1. The molecule has 2 fully saturated rings. The quantitative estimate of drug-likeness (QED) is 0.746. The highest BCUT2D eigenvalue weighted by atomic mass is 16.5. The fourth-order valence-corrected chi connectivity index (χ4v) is 3.10. The molecule has 0 aliphatic carbocycles. The van der Waals surface area contributed by atoms with Gasteiger partial charge in [0.2, 0.25) is 0 Å². The van der Waals surface area contributed by atoms with Crippen molar-refractivity contribution in [1.82, 2.24) is 9.88 Å². The van der Waals surface area contributed by atoms with E-state index in [9.17, 15) is 9.90 Å². The molecule has 0 saturated carbocycles. The average molecular weight is 324 g/mol. The molecule has 0 radical (unpaired) electrons. The lowest BCUT2D eigenvalue weighted by Crippen LogP contribution is -2.36. The van der Waals surface area contributed by atoms with Crippen LogP contribution in [0.2, 0.25) is 0 Å². The number of methoxy groups -OCH3 is 1. The first-order valence-corrected chi connectivity index (χ1v) is 7.15. The van der Waals surface area contributed by atoms with Crippen molar-refractivity contribution in [1.29, 1.82) is 0 Å². The van der Waals surface area contributed by atoms with Crippen molar-refractivity contribution in [3.63, 3.8) is 0 Å². The Morgan fingerprint density at radius 3 is 3.00 bits per heavy atom. The van der Waals surface area contributed by atoms with Crippen molar-refractivity contribution < 1.29 is 29.3 Å². The molecule has 2 aliphatic rings. The number of ether oxygens (including phenoxy) is 2. The van der Waals surface area contributed by atoms with E-state index in [-0.39, 0.29) is 30.3 Å². The van der Waals surface area contributed by atoms with Crippen LogP contribution in [-0.4, -0.2) is 72.5 Å². The van der Waals surface area contributed by atoms with Crippen molar-refractivity contribution in [2.24, 2.45) is 11.3 Å². The standard InChI is InChI=1S/C14H18N2O4.CH2O2/c1-19-12-4-15-3-2-11(12)13(18)16-5-10-6-20-9-14(10,7-16)8-17;2-1-3/h2-4,10,17H,5-9H2,1H3;1H,(H,2,3)/t10-,14-;/m0./s1. The minimum Gasteiger partial charge on any atom is -0.494 e. The second-order valence-corrected chi connectivity index (χ2v) is 5.60. The fourth-order valence-electron chi connectivity index (χ4n) is 3.10. The van der Waals surface area contributed by atoms with Crippen LogP contribution >= 0.6 is 0 Å². The Labute approximate surface area is 133 Å². The third kappa shape index (κ3) is 3.27. The fraction of sp³-hybridized carbons (Fsp3) is 0.533. The first-order valence-electron chi connectivity index (χ1n) is 7.15. The van der Waals surface area contributed by atoms with E-state index in [2.05, 4.69) is 4.98 Å². The van der Waals surface area contributed by atoms with Gasteiger partial charge in [-0.3, -0.25) is 14.6 Å². The van der Waals surface area contributed by atoms with E-state index in [1.807, 2.05) is 0 Å². The third-order valence-corrected chi connectivity index (χ3v) is 4.36. The summed E-state index contributed by atoms with van der Waals surface area (Å²) in [5, 5.41) is 16.5. The van der Waals surface area contributed by atoms with Gasteiger partial charge in [0, 0.05) is 30.6 Å². The number of nitrogens with zero attached hydrogens (tertiary/aromatic N) is 2. The Morgan fingerprint density at radius 2 is 2.39 bits per heavy atom. The number of hydrogen-bond donors (Lipinski definition) is 2. The highest BCUT2D eigenvalue weighted by molar-refractivity contribution is 5.97. The molecule has 3 heterocycles. The molecular formula is C15H20N2O6. The van der Waals surface area contributed by atoms with Gasteiger partial charge >= 0.3 is 0 Å². The summed E-state index contributed by atoms with van der Waals surface area (Å²) in [7, 11) is 1.52. The summed E-state index contributed by atoms with van der Waals surface area (Å²) in [5.41, 5.74) is 0.215. The molecule has 0 unspecified atom stereocenters. The van der Waals surface area contributed by atoms with E-state index < -0.39 is 0 Å². The molecule has 2 atom stereocenters. The lowest BCUT2D eigenvalue weighted by atomic mass is 9.82. The summed E-state index contributed by atoms with van der Waals surface area (Å²) in [6.07, 6.45) is 3.12. The second kappa shape index (κ2) is 7.38. The molecule has 23 heavy (non-hydrogen) atoms. The summed E-state index contributed by atoms with van der Waals surface area (Å²) >= 11 is 0. The molecule has 126 valence electrons. The monoisotopic (exact) mass is 324 g/mol. The van der Waals surface area contributed by atoms with Crippen LogP contribution in [0.15, 0.2) is 18.5 Å². The van der Waals surface area contributed by atoms with Crippen LogP contribution in [0.25, 0.3) is 0 Å². The Kier molecular flexibility index (Phi) is 5.51. The Balaban J connectivity index is 0.000000595. The lowest BCUT2D eigenvalue weighted by Gasteiger charge is -2.24. The van der Waals surface area contributed by atoms with Gasteiger partial charge < -0.3 is 24.6 Å². The van der Waals surface area contributed by atoms with Gasteiger partial charge in [0.05, 0.1) is 38.7 Å². The molecule has 2 N–H and O–H groups in total. The van der Waals surface area contributed by atoms with Crippen molar-refractivity contribution in [3.8, 4) is 5.75 Å². The van der Waals surface area contributed by atoms with Crippen LogP contribution in [0.1, 0.15) is 10.4 Å². The molecule has 1 aromatic heterocycles. The number of rotatable bonds is 3. The van der Waals surface area contributed by atoms with E-state index >= 15 is 0 Å². The van der Waals surface area contributed by atoms with Crippen LogP contribution < -0.4 is 4.74 Å². The number of carbonyl (C=O) groups is 2. The van der Waals surface area contributed by atoms with Gasteiger partial charge in [-0.15, -0.1) is 0 Å². The number of hydrogen-bond acceptors (Lipinski definition) is 6. The predicted octanol–water partition coefficient (Wildman–Crippen LogP) is -0.128. The zero-order valence-corrected chi connectivity index (χ0v) is 12.8. The van der Waals surface area contributed by atoms with E-state index in [1.165, 1.54) is 13.3 Å². The van der Waals surface area contributed by atoms with Gasteiger partial charge in [0.25, 0.3) is 12.4 Å². The summed E-state index contributed by atoms with van der Waals surface area (Å²) in [6, 6.07) is 1.66. The molecular weight excluding hydrogens is 304 g/mol. The number of aliphatic hydroxyl groups excluding tert-OH is 1. The largest absolute Gasteiger partial charge is 0.494 e. The molecule has 1 amide bonds. The Hall–Kier alpha value is -2.19. The number of likely N-dealkylation sites (tertiary alicyclic amines) is 1. The van der Waals surface area contributed by atoms with Gasteiger partial charge in [0.15, 0.2) is 0 Å². The van der Waals surface area contributed by atoms with E-state index in [0.29, 0.717) is 37.6 Å². The number of carboxylic acid groups (broad SMARTS) is 1. The lowest BCUT2D eigenvalue weighted by molar-refractivity contribution is -0.122. The number of carbonyl (C=O) groups excluding carboxylic acids is 1. The zero-order valence-electron chi connectivity index (χ0n) is 12.8. The number of amides is 1. The third-order valence-electron chi connectivity index (χ3n) is 4.36. The topological polar surface area (TPSA) is 109 Å². The smallest absolute Gasteiger partial charge is 0.290 e. The maximum absolute atomic E-state index is 12.6. The van der Waals surface area contributed by atoms with E-state index in [0.717, 1.165) is 0 Å². The molecule has 0 spiro atoms. The van der Waals surface area contributed by atoms with Crippen LogP contribution in [-0.2, 0) is 9.53 Å². The first kappa shape index (κ1) is 17.2. The molecule has 2 saturated heterocycles. The SMILES string of the molecule is COc1cnccc1C(=O)N1C[C@H]2COC[C@@]2(CO)C1.O=CO. The van der Waals surface area contributed by atoms with Gasteiger partial charge in [-0.25, -0.2) is 0 Å². The number of fused-ring (bicyclic) bond motifs is 1. The highest BCUT2D eigenvalue weighted by Crippen LogP contribution is 2.41. The normalized spacial score (nSPS) is 25.3. The second-order valence-electron chi connectivity index (χ2n) is 5.60. The number of pyridine rings is 1. The summed E-state index contributed by atoms with van der Waals surface area (Å²) in [5.74, 6) is 0.611. The number of aromatic nitrogens is 1. The molecule has 8 heteroatoms. The van der Waals surface area contributed by atoms with E-state index in [4.69, 9.17) is 19.4 Å². The maximum Gasteiger partial charge on any atom is 0.290 e. The molecule has 1 aromatic rings. The van der Waals surface area contributed by atoms with Crippen molar-refractivity contribution in [2.45, 2.75) is 0 Å². The molecule has 0 aromatic carbocycles. The van der Waals surface area contributed by atoms with E-state index in [1.54, 1.807) is 17.2 Å². The maximum atomic E-state index is 12.6. The van der Waals surface area contributed by atoms with Gasteiger partial charge in [-0.05, 0) is 6.07 Å². The van der Waals surface area contributed by atoms with Crippen LogP contribution in [0.3, 0.4) is 0 Å². The summed E-state index contributed by atoms with van der Waals surface area (Å²) < 4.78 is 10.6. The van der Waals surface area contributed by atoms with Crippen LogP contribution in [0.4, 0.5) is 0 Å². The highest BCUT2D eigenvalue weighted by Gasteiger charge is 2.51. The minimum atomic E-state index is -0.296. The molecule has 0 bridgehead atoms. The average Bonchev–Trinajstić information content (AvgIpc) is 3.12. The molecule has 3 rings (SSSR count). The van der Waals surface area contributed by atoms with Crippen molar-refractivity contribution in [2.75, 3.05) is 40.0 Å². The number of aliphatic hydroxyl groups is 1. The van der Waals surface area contributed by atoms with Crippen molar-refractivity contribution >= 4 is 12.4 Å². The van der Waals surface area contributed by atoms with Crippen molar-refractivity contribution in [3.05, 3.63) is 24.0 Å². The predicted molar refractivity (Wildman–Crippen MR) is 79.2 cm³/mol. The van der Waals surface area contributed by atoms with Gasteiger partial charge in [0.1, 0.15) is 5.75 Å². The summed E-state index contributed by atoms with van der Waals surface area (Å²) in [4.78, 5) is 26.7. The van der Waals surface area contributed by atoms with Gasteiger partial charge in [-0.1, -0.05) is 0 Å². The minimum absolute atomic E-state index is 0.0505. The summed E-state index contributed by atoms with van der Waals surface area (Å²) in [6.45, 7) is 2.07. The van der Waals surface area contributed by atoms with Gasteiger partial charge in [-0.2, -0.15) is 0 Å².